The van der Waals surface area contributed by atoms with Crippen molar-refractivity contribution in [2.24, 2.45) is 0 Å². The van der Waals surface area contributed by atoms with Gasteiger partial charge in [0, 0.05) is 54.6 Å². The van der Waals surface area contributed by atoms with Crippen LogP contribution in [0.2, 0.25) is 0 Å². The first kappa shape index (κ1) is 26.4. The van der Waals surface area contributed by atoms with Gasteiger partial charge in [0.2, 0.25) is 5.95 Å². The summed E-state index contributed by atoms with van der Waals surface area (Å²) in [6.07, 6.45) is 12.8. The number of hydrogen-bond acceptors (Lipinski definition) is 9. The van der Waals surface area contributed by atoms with Gasteiger partial charge in [-0.1, -0.05) is 18.2 Å². The van der Waals surface area contributed by atoms with Gasteiger partial charge in [0.1, 0.15) is 29.9 Å². The molecule has 2 aliphatic rings. The minimum atomic E-state index is -1.35. The fourth-order valence-corrected chi connectivity index (χ4v) is 5.53. The number of aliphatic hydroxyl groups is 2. The fraction of sp³-hybridized carbons (Fsp3) is 0.300. The number of hydrogen-bond donors (Lipinski definition) is 2. The molecule has 1 aromatic carbocycles. The van der Waals surface area contributed by atoms with Gasteiger partial charge in [0.05, 0.1) is 30.6 Å². The van der Waals surface area contributed by atoms with Crippen LogP contribution in [0.4, 0.5) is 10.3 Å². The van der Waals surface area contributed by atoms with E-state index in [9.17, 15) is 14.6 Å². The molecule has 1 saturated heterocycles. The molecule has 12 heteroatoms. The molecule has 214 valence electrons. The van der Waals surface area contributed by atoms with E-state index in [-0.39, 0.29) is 11.9 Å². The quantitative estimate of drug-likeness (QED) is 0.318. The van der Waals surface area contributed by atoms with Gasteiger partial charge in [-0.15, -0.1) is 0 Å². The SMILES string of the molecule is C[C@](O)(c1ccc(F)cc1)c1cnc(N2CC=C(c3ncnn4cc(-c5cnn([C@H]6COC[C@H]6O)c5)cc34)CC2)nc1. The molecule has 42 heavy (non-hydrogen) atoms. The van der Waals surface area contributed by atoms with Crippen LogP contribution in [0.3, 0.4) is 0 Å². The second-order valence-electron chi connectivity index (χ2n) is 10.8. The number of ether oxygens (including phenoxy) is 1. The summed E-state index contributed by atoms with van der Waals surface area (Å²) in [6.45, 7) is 3.70. The Morgan fingerprint density at radius 2 is 1.79 bits per heavy atom. The molecule has 0 radical (unpaired) electrons. The van der Waals surface area contributed by atoms with E-state index in [1.54, 1.807) is 48.7 Å². The zero-order valence-electron chi connectivity index (χ0n) is 22.9. The van der Waals surface area contributed by atoms with E-state index in [2.05, 4.69) is 42.2 Å². The van der Waals surface area contributed by atoms with E-state index in [1.807, 2.05) is 16.9 Å². The highest BCUT2D eigenvalue weighted by atomic mass is 19.1. The van der Waals surface area contributed by atoms with Gasteiger partial charge in [0.15, 0.2) is 0 Å². The van der Waals surface area contributed by atoms with Crippen LogP contribution in [0.25, 0.3) is 22.2 Å². The maximum Gasteiger partial charge on any atom is 0.225 e. The topological polar surface area (TPSA) is 127 Å². The van der Waals surface area contributed by atoms with Crippen molar-refractivity contribution in [2.45, 2.75) is 31.1 Å². The largest absolute Gasteiger partial charge is 0.388 e. The van der Waals surface area contributed by atoms with Crippen molar-refractivity contribution in [1.82, 2.24) is 34.3 Å². The molecule has 0 aliphatic carbocycles. The predicted molar refractivity (Wildman–Crippen MR) is 152 cm³/mol. The average molecular weight is 569 g/mol. The number of nitrogens with zero attached hydrogens (tertiary/aromatic N) is 8. The van der Waals surface area contributed by atoms with Gasteiger partial charge in [0.25, 0.3) is 0 Å². The number of benzene rings is 1. The number of rotatable bonds is 6. The lowest BCUT2D eigenvalue weighted by molar-refractivity contribution is 0.101. The molecule has 0 spiro atoms. The smallest absolute Gasteiger partial charge is 0.225 e. The van der Waals surface area contributed by atoms with Crippen molar-refractivity contribution in [2.75, 3.05) is 31.2 Å². The summed E-state index contributed by atoms with van der Waals surface area (Å²) in [7, 11) is 0. The van der Waals surface area contributed by atoms with Crippen LogP contribution in [-0.2, 0) is 10.3 Å². The Morgan fingerprint density at radius 3 is 2.50 bits per heavy atom. The second-order valence-corrected chi connectivity index (χ2v) is 10.8. The van der Waals surface area contributed by atoms with Crippen molar-refractivity contribution in [3.05, 3.63) is 96.4 Å². The molecule has 3 atom stereocenters. The van der Waals surface area contributed by atoms with Crippen molar-refractivity contribution in [1.29, 1.82) is 0 Å². The van der Waals surface area contributed by atoms with Gasteiger partial charge >= 0.3 is 0 Å². The van der Waals surface area contributed by atoms with Gasteiger partial charge in [-0.3, -0.25) is 4.68 Å². The number of aliphatic hydroxyl groups excluding tert-OH is 1. The van der Waals surface area contributed by atoms with Crippen LogP contribution in [0.5, 0.6) is 0 Å². The van der Waals surface area contributed by atoms with Crippen molar-refractivity contribution < 1.29 is 19.3 Å². The molecule has 0 amide bonds. The molecule has 0 unspecified atom stereocenters. The number of aromatic nitrogens is 7. The van der Waals surface area contributed by atoms with Gasteiger partial charge in [-0.05, 0) is 42.7 Å². The van der Waals surface area contributed by atoms with E-state index < -0.39 is 11.7 Å². The second kappa shape index (κ2) is 10.4. The maximum absolute atomic E-state index is 13.3. The lowest BCUT2D eigenvalue weighted by atomic mass is 9.90. The van der Waals surface area contributed by atoms with Crippen molar-refractivity contribution in [3.8, 4) is 11.1 Å². The zero-order chi connectivity index (χ0) is 28.8. The zero-order valence-corrected chi connectivity index (χ0v) is 22.9. The lowest BCUT2D eigenvalue weighted by Gasteiger charge is -2.28. The first-order chi connectivity index (χ1) is 20.4. The van der Waals surface area contributed by atoms with E-state index in [0.29, 0.717) is 43.4 Å². The highest BCUT2D eigenvalue weighted by molar-refractivity contribution is 5.80. The lowest BCUT2D eigenvalue weighted by Crippen LogP contribution is -2.30. The molecule has 5 aromatic rings. The number of halogens is 1. The van der Waals surface area contributed by atoms with Crippen molar-refractivity contribution in [3.63, 3.8) is 0 Å². The maximum atomic E-state index is 13.3. The van der Waals surface area contributed by atoms with Crippen LogP contribution in [0.15, 0.2) is 73.7 Å². The molecule has 0 saturated carbocycles. The molecule has 11 nitrogen and oxygen atoms in total. The summed E-state index contributed by atoms with van der Waals surface area (Å²) in [4.78, 5) is 15.7. The number of anilines is 1. The average Bonchev–Trinajstić information content (AvgIpc) is 3.77. The van der Waals surface area contributed by atoms with Gasteiger partial charge in [-0.25, -0.2) is 23.9 Å². The summed E-state index contributed by atoms with van der Waals surface area (Å²) >= 11 is 0. The van der Waals surface area contributed by atoms with Crippen LogP contribution in [-0.4, -0.2) is 77.0 Å². The Bertz CT molecular complexity index is 1760. The van der Waals surface area contributed by atoms with Crippen LogP contribution < -0.4 is 4.90 Å². The van der Waals surface area contributed by atoms with E-state index in [4.69, 9.17) is 4.74 Å². The molecule has 1 fully saturated rings. The van der Waals surface area contributed by atoms with E-state index >= 15 is 0 Å². The predicted octanol–water partition coefficient (Wildman–Crippen LogP) is 3.00. The van der Waals surface area contributed by atoms with Crippen molar-refractivity contribution >= 4 is 17.0 Å². The Kier molecular flexibility index (Phi) is 6.53. The molecular formula is C30H29FN8O3. The van der Waals surface area contributed by atoms with Crippen LogP contribution in [0, 0.1) is 5.82 Å². The molecule has 2 N–H and O–H groups in total. The molecule has 2 aliphatic heterocycles. The van der Waals surface area contributed by atoms with Crippen LogP contribution in [0.1, 0.15) is 36.2 Å². The molecule has 6 heterocycles. The minimum absolute atomic E-state index is 0.190. The molecule has 4 aromatic heterocycles. The monoisotopic (exact) mass is 568 g/mol. The summed E-state index contributed by atoms with van der Waals surface area (Å²) < 4.78 is 22.3. The Labute approximate surface area is 240 Å². The standard InChI is InChI=1S/C30H29FN8O3/c1-30(41,22-2-4-24(31)5-3-22)23-12-32-29(33-13-23)37-8-6-19(7-9-37)28-25-10-20(14-38(25)36-18-34-28)21-11-35-39(15-21)26-16-42-17-27(26)40/h2-6,10-15,18,26-27,40-41H,7-9,16-17H2,1H3/t26-,27+,30-/m0/s1. The summed E-state index contributed by atoms with van der Waals surface area (Å²) in [6, 6.07) is 7.63. The Hall–Kier alpha value is -4.52. The Balaban J connectivity index is 1.09. The molecule has 7 rings (SSSR count). The fourth-order valence-electron chi connectivity index (χ4n) is 5.53. The molecule has 0 bridgehead atoms. The van der Waals surface area contributed by atoms with E-state index in [0.717, 1.165) is 34.3 Å². The summed E-state index contributed by atoms with van der Waals surface area (Å²) in [5.41, 5.74) is 4.50. The minimum Gasteiger partial charge on any atom is -0.388 e. The number of fused-ring (bicyclic) bond motifs is 1. The normalized spacial score (nSPS) is 20.6. The van der Waals surface area contributed by atoms with Crippen LogP contribution >= 0.6 is 0 Å². The van der Waals surface area contributed by atoms with Gasteiger partial charge in [-0.2, -0.15) is 10.2 Å². The highest BCUT2D eigenvalue weighted by Gasteiger charge is 2.29. The van der Waals surface area contributed by atoms with E-state index in [1.165, 1.54) is 12.1 Å². The summed E-state index contributed by atoms with van der Waals surface area (Å²) in [5.74, 6) is 0.208. The molecular weight excluding hydrogens is 539 g/mol. The van der Waals surface area contributed by atoms with Gasteiger partial charge < -0.3 is 19.8 Å². The first-order valence-corrected chi connectivity index (χ1v) is 13.8. The third-order valence-corrected chi connectivity index (χ3v) is 8.10. The third-order valence-electron chi connectivity index (χ3n) is 8.10. The Morgan fingerprint density at radius 1 is 0.976 bits per heavy atom. The first-order valence-electron chi connectivity index (χ1n) is 13.8. The highest BCUT2D eigenvalue weighted by Crippen LogP contribution is 2.32. The third kappa shape index (κ3) is 4.73. The summed E-state index contributed by atoms with van der Waals surface area (Å²) in [5, 5.41) is 30.1.